The standard InChI is InChI=1S/C25H25IN2O4/c1-3-4-13-27-22(25(29)30-2)16-18-10-11-23(21(26)15-18)31-14-12-20-17-32-24(28-20)19-8-6-5-7-9-19/h3-11,13,15,17,22,27H,1,12,14,16H2,2H3/b13-4-. The Morgan fingerprint density at radius 3 is 2.81 bits per heavy atom. The lowest BCUT2D eigenvalue weighted by atomic mass is 10.1. The number of benzene rings is 2. The second-order valence-electron chi connectivity index (χ2n) is 6.91. The minimum Gasteiger partial charge on any atom is -0.492 e. The fourth-order valence-corrected chi connectivity index (χ4v) is 3.75. The minimum atomic E-state index is -0.482. The molecule has 0 aliphatic carbocycles. The quantitative estimate of drug-likeness (QED) is 0.210. The molecule has 166 valence electrons. The highest BCUT2D eigenvalue weighted by Crippen LogP contribution is 2.24. The van der Waals surface area contributed by atoms with Crippen molar-refractivity contribution in [2.45, 2.75) is 18.9 Å². The van der Waals surface area contributed by atoms with Crippen LogP contribution in [0.5, 0.6) is 5.75 Å². The third-order valence-corrected chi connectivity index (χ3v) is 5.48. The number of methoxy groups -OCH3 is 1. The SMILES string of the molecule is C=C/C=C\NC(Cc1ccc(OCCc2coc(-c3ccccc3)n2)c(I)c1)C(=O)OC. The Balaban J connectivity index is 1.56. The van der Waals surface area contributed by atoms with Crippen LogP contribution >= 0.6 is 22.6 Å². The van der Waals surface area contributed by atoms with Crippen LogP contribution in [0.4, 0.5) is 0 Å². The summed E-state index contributed by atoms with van der Waals surface area (Å²) in [5.74, 6) is 1.07. The van der Waals surface area contributed by atoms with Gasteiger partial charge in [0.15, 0.2) is 0 Å². The molecule has 0 radical (unpaired) electrons. The Labute approximate surface area is 201 Å². The zero-order valence-corrected chi connectivity index (χ0v) is 19.9. The van der Waals surface area contributed by atoms with Gasteiger partial charge in [-0.25, -0.2) is 9.78 Å². The Hall–Kier alpha value is -3.07. The number of rotatable bonds is 11. The van der Waals surface area contributed by atoms with Gasteiger partial charge in [-0.2, -0.15) is 0 Å². The molecule has 6 nitrogen and oxygen atoms in total. The number of esters is 1. The summed E-state index contributed by atoms with van der Waals surface area (Å²) in [6.45, 7) is 4.10. The first-order valence-corrected chi connectivity index (χ1v) is 11.2. The average molecular weight is 544 g/mol. The van der Waals surface area contributed by atoms with E-state index in [0.717, 1.165) is 26.1 Å². The van der Waals surface area contributed by atoms with E-state index in [1.165, 1.54) is 7.11 Å². The van der Waals surface area contributed by atoms with Gasteiger partial charge in [0.25, 0.3) is 0 Å². The van der Waals surface area contributed by atoms with Crippen molar-refractivity contribution in [3.63, 3.8) is 0 Å². The molecular formula is C25H25IN2O4. The molecule has 0 bridgehead atoms. The number of carbonyl (C=O) groups excluding carboxylic acids is 1. The smallest absolute Gasteiger partial charge is 0.328 e. The highest BCUT2D eigenvalue weighted by atomic mass is 127. The molecule has 3 rings (SSSR count). The van der Waals surface area contributed by atoms with E-state index in [-0.39, 0.29) is 5.97 Å². The van der Waals surface area contributed by atoms with Gasteiger partial charge in [0, 0.05) is 18.4 Å². The van der Waals surface area contributed by atoms with Gasteiger partial charge in [0.1, 0.15) is 18.1 Å². The molecule has 1 N–H and O–H groups in total. The molecule has 0 aliphatic heterocycles. The van der Waals surface area contributed by atoms with Crippen LogP contribution in [0, 0.1) is 3.57 Å². The molecule has 0 saturated carbocycles. The predicted octanol–water partition coefficient (Wildman–Crippen LogP) is 4.94. The normalized spacial score (nSPS) is 11.8. The molecule has 0 fully saturated rings. The Kier molecular flexibility index (Phi) is 8.91. The molecule has 3 aromatic rings. The van der Waals surface area contributed by atoms with E-state index in [1.54, 1.807) is 24.6 Å². The predicted molar refractivity (Wildman–Crippen MR) is 132 cm³/mol. The summed E-state index contributed by atoms with van der Waals surface area (Å²) in [5, 5.41) is 3.04. The first kappa shape index (κ1) is 23.6. The van der Waals surface area contributed by atoms with E-state index in [0.29, 0.717) is 25.3 Å². The molecule has 7 heteroatoms. The summed E-state index contributed by atoms with van der Waals surface area (Å²) < 4.78 is 17.4. The van der Waals surface area contributed by atoms with Gasteiger partial charge in [0.05, 0.1) is 23.0 Å². The molecular weight excluding hydrogens is 519 g/mol. The Bertz CT molecular complexity index is 1060. The molecule has 1 heterocycles. The van der Waals surface area contributed by atoms with Crippen molar-refractivity contribution in [3.8, 4) is 17.2 Å². The molecule has 0 amide bonds. The van der Waals surface area contributed by atoms with Crippen molar-refractivity contribution in [1.82, 2.24) is 10.3 Å². The van der Waals surface area contributed by atoms with Gasteiger partial charge in [-0.15, -0.1) is 0 Å². The van der Waals surface area contributed by atoms with E-state index >= 15 is 0 Å². The number of hydrogen-bond donors (Lipinski definition) is 1. The van der Waals surface area contributed by atoms with E-state index < -0.39 is 6.04 Å². The zero-order chi connectivity index (χ0) is 22.8. The molecule has 0 saturated heterocycles. The fraction of sp³-hybridized carbons (Fsp3) is 0.200. The largest absolute Gasteiger partial charge is 0.492 e. The van der Waals surface area contributed by atoms with Crippen molar-refractivity contribution in [2.75, 3.05) is 13.7 Å². The molecule has 1 unspecified atom stereocenters. The summed E-state index contributed by atoms with van der Waals surface area (Å²) in [4.78, 5) is 16.6. The summed E-state index contributed by atoms with van der Waals surface area (Å²) in [5.41, 5.74) is 2.79. The van der Waals surface area contributed by atoms with Gasteiger partial charge < -0.3 is 19.2 Å². The number of nitrogens with zero attached hydrogens (tertiary/aromatic N) is 1. The number of hydrogen-bond acceptors (Lipinski definition) is 6. The van der Waals surface area contributed by atoms with Gasteiger partial charge in [-0.1, -0.05) is 36.9 Å². The number of ether oxygens (including phenoxy) is 2. The highest BCUT2D eigenvalue weighted by molar-refractivity contribution is 14.1. The van der Waals surface area contributed by atoms with Gasteiger partial charge >= 0.3 is 5.97 Å². The van der Waals surface area contributed by atoms with Crippen molar-refractivity contribution >= 4 is 28.6 Å². The van der Waals surface area contributed by atoms with Crippen LogP contribution in [0.2, 0.25) is 0 Å². The van der Waals surface area contributed by atoms with Crippen LogP contribution in [-0.2, 0) is 22.4 Å². The molecule has 2 aromatic carbocycles. The van der Waals surface area contributed by atoms with Gasteiger partial charge in [-0.3, -0.25) is 0 Å². The maximum atomic E-state index is 12.0. The van der Waals surface area contributed by atoms with Crippen LogP contribution in [0.3, 0.4) is 0 Å². The van der Waals surface area contributed by atoms with Gasteiger partial charge in [-0.05, 0) is 64.7 Å². The maximum Gasteiger partial charge on any atom is 0.328 e. The van der Waals surface area contributed by atoms with Crippen LogP contribution < -0.4 is 10.1 Å². The van der Waals surface area contributed by atoms with E-state index in [4.69, 9.17) is 13.9 Å². The van der Waals surface area contributed by atoms with Crippen molar-refractivity contribution in [2.24, 2.45) is 0 Å². The Morgan fingerprint density at radius 1 is 1.28 bits per heavy atom. The van der Waals surface area contributed by atoms with E-state index in [1.807, 2.05) is 48.5 Å². The number of carbonyl (C=O) groups is 1. The molecule has 0 spiro atoms. The summed E-state index contributed by atoms with van der Waals surface area (Å²) in [6, 6.07) is 15.2. The fourth-order valence-electron chi connectivity index (χ4n) is 3.02. The Morgan fingerprint density at radius 2 is 2.09 bits per heavy atom. The van der Waals surface area contributed by atoms with Crippen LogP contribution in [0.25, 0.3) is 11.5 Å². The monoisotopic (exact) mass is 544 g/mol. The third-order valence-electron chi connectivity index (χ3n) is 4.64. The number of nitrogens with one attached hydrogen (secondary N) is 1. The summed E-state index contributed by atoms with van der Waals surface area (Å²) in [6.07, 6.45) is 7.85. The van der Waals surface area contributed by atoms with Crippen LogP contribution in [0.15, 0.2) is 84.1 Å². The van der Waals surface area contributed by atoms with Gasteiger partial charge in [0.2, 0.25) is 5.89 Å². The van der Waals surface area contributed by atoms with Crippen molar-refractivity contribution < 1.29 is 18.7 Å². The number of aromatic nitrogens is 1. The maximum absolute atomic E-state index is 12.0. The molecule has 1 aromatic heterocycles. The molecule has 0 aliphatic rings. The lowest BCUT2D eigenvalue weighted by Gasteiger charge is -2.16. The van der Waals surface area contributed by atoms with Crippen LogP contribution in [-0.4, -0.2) is 30.7 Å². The lowest BCUT2D eigenvalue weighted by molar-refractivity contribution is -0.142. The average Bonchev–Trinajstić information content (AvgIpc) is 3.29. The molecule has 1 atom stereocenters. The second kappa shape index (κ2) is 12.1. The summed E-state index contributed by atoms with van der Waals surface area (Å²) >= 11 is 2.24. The summed E-state index contributed by atoms with van der Waals surface area (Å²) in [7, 11) is 1.38. The van der Waals surface area contributed by atoms with Crippen LogP contribution in [0.1, 0.15) is 11.3 Å². The minimum absolute atomic E-state index is 0.323. The first-order valence-electron chi connectivity index (χ1n) is 10.1. The highest BCUT2D eigenvalue weighted by Gasteiger charge is 2.18. The third kappa shape index (κ3) is 6.71. The van der Waals surface area contributed by atoms with Crippen molar-refractivity contribution in [3.05, 3.63) is 94.6 Å². The second-order valence-corrected chi connectivity index (χ2v) is 8.08. The van der Waals surface area contributed by atoms with E-state index in [9.17, 15) is 4.79 Å². The number of allylic oxidation sites excluding steroid dienone is 2. The topological polar surface area (TPSA) is 73.6 Å². The molecule has 32 heavy (non-hydrogen) atoms. The first-order chi connectivity index (χ1) is 15.6. The number of halogens is 1. The lowest BCUT2D eigenvalue weighted by Crippen LogP contribution is -2.36. The van der Waals surface area contributed by atoms with Crippen molar-refractivity contribution in [1.29, 1.82) is 0 Å². The van der Waals surface area contributed by atoms with E-state index in [2.05, 4.69) is 39.5 Å². The zero-order valence-electron chi connectivity index (χ0n) is 17.8. The number of oxazole rings is 1.